The Bertz CT molecular complexity index is 1140. The number of imidazole rings is 1. The number of hydrogen-bond donors (Lipinski definition) is 0. The molecule has 3 aromatic rings. The zero-order chi connectivity index (χ0) is 20.8. The molecule has 29 heavy (non-hydrogen) atoms. The molecule has 0 spiro atoms. The fourth-order valence-electron chi connectivity index (χ4n) is 3.84. The van der Waals surface area contributed by atoms with E-state index in [4.69, 9.17) is 4.98 Å². The van der Waals surface area contributed by atoms with Crippen molar-refractivity contribution < 1.29 is 17.2 Å². The van der Waals surface area contributed by atoms with Crippen LogP contribution in [-0.4, -0.2) is 40.3 Å². The molecule has 9 heteroatoms. The van der Waals surface area contributed by atoms with Gasteiger partial charge in [0.1, 0.15) is 17.5 Å². The van der Waals surface area contributed by atoms with E-state index in [1.165, 1.54) is 4.31 Å². The Morgan fingerprint density at radius 3 is 2.62 bits per heavy atom. The first-order valence-electron chi connectivity index (χ1n) is 9.52. The van der Waals surface area contributed by atoms with Crippen LogP contribution < -0.4 is 0 Å². The van der Waals surface area contributed by atoms with Crippen molar-refractivity contribution in [2.24, 2.45) is 5.92 Å². The largest absolute Gasteiger partial charge is 0.326 e. The van der Waals surface area contributed by atoms with Crippen LogP contribution in [0.3, 0.4) is 0 Å². The lowest BCUT2D eigenvalue weighted by Gasteiger charge is -2.18. The Morgan fingerprint density at radius 1 is 1.21 bits per heavy atom. The molecule has 1 aromatic carbocycles. The van der Waals surface area contributed by atoms with Gasteiger partial charge in [0.15, 0.2) is 0 Å². The molecule has 0 aliphatic carbocycles. The van der Waals surface area contributed by atoms with Gasteiger partial charge in [0.05, 0.1) is 22.1 Å². The molecule has 4 rings (SSSR count). The molecule has 0 bridgehead atoms. The number of sulfonamides is 1. The van der Waals surface area contributed by atoms with Crippen LogP contribution in [0.5, 0.6) is 0 Å². The van der Waals surface area contributed by atoms with Crippen molar-refractivity contribution in [3.63, 3.8) is 0 Å². The SMILES string of the molecule is CC(C)Cn1c(C2CCN(S(=O)(=O)c3cc(F)cc(F)c3)C2)nc2ccncc21. The van der Waals surface area contributed by atoms with Crippen molar-refractivity contribution in [1.29, 1.82) is 0 Å². The van der Waals surface area contributed by atoms with Crippen molar-refractivity contribution >= 4 is 21.1 Å². The number of rotatable bonds is 5. The molecule has 1 aliphatic rings. The van der Waals surface area contributed by atoms with E-state index in [2.05, 4.69) is 23.4 Å². The van der Waals surface area contributed by atoms with Crippen molar-refractivity contribution in [1.82, 2.24) is 18.8 Å². The van der Waals surface area contributed by atoms with E-state index in [0.717, 1.165) is 35.5 Å². The minimum absolute atomic E-state index is 0.102. The summed E-state index contributed by atoms with van der Waals surface area (Å²) in [5, 5.41) is 0. The number of halogens is 2. The highest BCUT2D eigenvalue weighted by Gasteiger charge is 2.36. The molecule has 0 saturated carbocycles. The summed E-state index contributed by atoms with van der Waals surface area (Å²) < 4.78 is 56.3. The first-order valence-corrected chi connectivity index (χ1v) is 11.0. The van der Waals surface area contributed by atoms with Crippen LogP contribution in [0.2, 0.25) is 0 Å². The van der Waals surface area contributed by atoms with Gasteiger partial charge >= 0.3 is 0 Å². The minimum atomic E-state index is -3.99. The summed E-state index contributed by atoms with van der Waals surface area (Å²) in [4.78, 5) is 8.57. The average molecular weight is 420 g/mol. The molecule has 2 aromatic heterocycles. The number of fused-ring (bicyclic) bond motifs is 1. The first-order chi connectivity index (χ1) is 13.8. The summed E-state index contributed by atoms with van der Waals surface area (Å²) in [5.74, 6) is -0.724. The average Bonchev–Trinajstić information content (AvgIpc) is 3.26. The Morgan fingerprint density at radius 2 is 1.93 bits per heavy atom. The molecule has 1 unspecified atom stereocenters. The summed E-state index contributed by atoms with van der Waals surface area (Å²) in [7, 11) is -3.99. The molecule has 1 aliphatic heterocycles. The Hall–Kier alpha value is -2.39. The maximum atomic E-state index is 13.5. The molecule has 1 saturated heterocycles. The lowest BCUT2D eigenvalue weighted by molar-refractivity contribution is 0.461. The quantitative estimate of drug-likeness (QED) is 0.633. The molecular formula is C20H22F2N4O2S. The van der Waals surface area contributed by atoms with Crippen molar-refractivity contribution in [3.8, 4) is 0 Å². The van der Waals surface area contributed by atoms with E-state index in [-0.39, 0.29) is 23.9 Å². The van der Waals surface area contributed by atoms with Gasteiger partial charge in [-0.25, -0.2) is 22.2 Å². The second kappa shape index (κ2) is 7.46. The van der Waals surface area contributed by atoms with Crippen molar-refractivity contribution in [2.45, 2.75) is 37.6 Å². The smallest absolute Gasteiger partial charge is 0.243 e. The van der Waals surface area contributed by atoms with Gasteiger partial charge in [-0.3, -0.25) is 4.98 Å². The van der Waals surface area contributed by atoms with Crippen LogP contribution in [0.15, 0.2) is 41.6 Å². The van der Waals surface area contributed by atoms with Gasteiger partial charge in [0.2, 0.25) is 10.0 Å². The summed E-state index contributed by atoms with van der Waals surface area (Å²) in [5.41, 5.74) is 1.74. The number of benzene rings is 1. The number of pyridine rings is 1. The number of nitrogens with zero attached hydrogens (tertiary/aromatic N) is 4. The topological polar surface area (TPSA) is 68.1 Å². The Kier molecular flexibility index (Phi) is 5.12. The third-order valence-electron chi connectivity index (χ3n) is 5.12. The molecule has 0 N–H and O–H groups in total. The minimum Gasteiger partial charge on any atom is -0.326 e. The molecule has 3 heterocycles. The van der Waals surface area contributed by atoms with Gasteiger partial charge < -0.3 is 4.57 Å². The second-order valence-corrected chi connectivity index (χ2v) is 9.73. The monoisotopic (exact) mass is 420 g/mol. The van der Waals surface area contributed by atoms with E-state index < -0.39 is 21.7 Å². The van der Waals surface area contributed by atoms with Crippen LogP contribution in [0.4, 0.5) is 8.78 Å². The molecule has 154 valence electrons. The second-order valence-electron chi connectivity index (χ2n) is 7.79. The van der Waals surface area contributed by atoms with Gasteiger partial charge in [0.25, 0.3) is 0 Å². The van der Waals surface area contributed by atoms with Crippen LogP contribution in [-0.2, 0) is 16.6 Å². The van der Waals surface area contributed by atoms with E-state index in [1.807, 2.05) is 6.07 Å². The lowest BCUT2D eigenvalue weighted by Crippen LogP contribution is -2.29. The third kappa shape index (κ3) is 3.76. The fraction of sp³-hybridized carbons (Fsp3) is 0.400. The van der Waals surface area contributed by atoms with Gasteiger partial charge in [-0.15, -0.1) is 0 Å². The van der Waals surface area contributed by atoms with Crippen molar-refractivity contribution in [2.75, 3.05) is 13.1 Å². The lowest BCUT2D eigenvalue weighted by atomic mass is 10.1. The van der Waals surface area contributed by atoms with Crippen LogP contribution >= 0.6 is 0 Å². The standard InChI is InChI=1S/C20H22F2N4O2S/c1-13(2)11-26-19-10-23-5-3-18(19)24-20(26)14-4-6-25(12-14)29(27,28)17-8-15(21)7-16(22)9-17/h3,5,7-10,13-14H,4,6,11-12H2,1-2H3. The predicted molar refractivity (Wildman–Crippen MR) is 105 cm³/mol. The fourth-order valence-corrected chi connectivity index (χ4v) is 5.38. The third-order valence-corrected chi connectivity index (χ3v) is 6.96. The van der Waals surface area contributed by atoms with Gasteiger partial charge in [-0.05, 0) is 30.5 Å². The maximum absolute atomic E-state index is 13.5. The van der Waals surface area contributed by atoms with Gasteiger partial charge in [0, 0.05) is 37.8 Å². The zero-order valence-electron chi connectivity index (χ0n) is 16.2. The number of hydrogen-bond acceptors (Lipinski definition) is 4. The van der Waals surface area contributed by atoms with Gasteiger partial charge in [-0.1, -0.05) is 13.8 Å². The molecule has 1 atom stereocenters. The number of aromatic nitrogens is 3. The zero-order valence-corrected chi connectivity index (χ0v) is 17.0. The summed E-state index contributed by atoms with van der Waals surface area (Å²) in [6.07, 6.45) is 4.04. The highest BCUT2D eigenvalue weighted by atomic mass is 32.2. The van der Waals surface area contributed by atoms with E-state index in [9.17, 15) is 17.2 Å². The van der Waals surface area contributed by atoms with E-state index in [0.29, 0.717) is 18.4 Å². The van der Waals surface area contributed by atoms with Crippen LogP contribution in [0, 0.1) is 17.6 Å². The first kappa shape index (κ1) is 19.9. The molecule has 1 fully saturated rings. The molecule has 0 amide bonds. The highest BCUT2D eigenvalue weighted by molar-refractivity contribution is 7.89. The van der Waals surface area contributed by atoms with Gasteiger partial charge in [-0.2, -0.15) is 4.31 Å². The highest BCUT2D eigenvalue weighted by Crippen LogP contribution is 2.33. The molecule has 0 radical (unpaired) electrons. The maximum Gasteiger partial charge on any atom is 0.243 e. The van der Waals surface area contributed by atoms with Crippen molar-refractivity contribution in [3.05, 3.63) is 54.1 Å². The molecular weight excluding hydrogens is 398 g/mol. The predicted octanol–water partition coefficient (Wildman–Crippen LogP) is 3.54. The van der Waals surface area contributed by atoms with Crippen LogP contribution in [0.1, 0.15) is 32.0 Å². The Labute approximate surface area is 168 Å². The van der Waals surface area contributed by atoms with Crippen LogP contribution in [0.25, 0.3) is 11.0 Å². The summed E-state index contributed by atoms with van der Waals surface area (Å²) in [6.45, 7) is 5.45. The summed E-state index contributed by atoms with van der Waals surface area (Å²) in [6, 6.07) is 4.21. The Balaban J connectivity index is 1.66. The molecule has 6 nitrogen and oxygen atoms in total. The normalized spacial score (nSPS) is 18.2. The van der Waals surface area contributed by atoms with E-state index in [1.54, 1.807) is 12.4 Å². The summed E-state index contributed by atoms with van der Waals surface area (Å²) >= 11 is 0. The van der Waals surface area contributed by atoms with E-state index >= 15 is 0 Å².